The second-order valence-electron chi connectivity index (χ2n) is 10.1. The third-order valence-electron chi connectivity index (χ3n) is 7.24. The van der Waals surface area contributed by atoms with E-state index in [1.165, 1.54) is 24.0 Å². The Morgan fingerprint density at radius 2 is 2.03 bits per heavy atom. The number of pyridine rings is 2. The van der Waals surface area contributed by atoms with Gasteiger partial charge < -0.3 is 20.1 Å². The minimum absolute atomic E-state index is 0.0168. The van der Waals surface area contributed by atoms with Gasteiger partial charge in [0.25, 0.3) is 0 Å². The third-order valence-corrected chi connectivity index (χ3v) is 7.48. The first-order valence-corrected chi connectivity index (χ1v) is 13.3. The number of benzene rings is 1. The number of fused-ring (bicyclic) bond motifs is 1. The van der Waals surface area contributed by atoms with E-state index in [2.05, 4.69) is 38.5 Å². The molecule has 0 aliphatic heterocycles. The van der Waals surface area contributed by atoms with Crippen LogP contribution in [0.5, 0.6) is 0 Å². The van der Waals surface area contributed by atoms with Crippen molar-refractivity contribution in [3.8, 4) is 0 Å². The normalized spacial score (nSPS) is 18.6. The minimum atomic E-state index is -0.0598. The van der Waals surface area contributed by atoms with Crippen molar-refractivity contribution in [2.75, 3.05) is 17.2 Å². The molecule has 8 heteroatoms. The molecule has 1 aromatic carbocycles. The highest BCUT2D eigenvalue weighted by atomic mass is 35.5. The molecular weight excluding hydrogens is 486 g/mol. The maximum atomic E-state index is 12.8. The van der Waals surface area contributed by atoms with E-state index in [1.54, 1.807) is 6.20 Å². The second-order valence-corrected chi connectivity index (χ2v) is 10.6. The van der Waals surface area contributed by atoms with Gasteiger partial charge in [0.2, 0.25) is 5.91 Å². The molecule has 3 heterocycles. The van der Waals surface area contributed by atoms with Crippen LogP contribution in [0, 0.1) is 5.92 Å². The fraction of sp³-hybridized carbons (Fsp3) is 0.345. The van der Waals surface area contributed by atoms with Crippen molar-refractivity contribution in [2.45, 2.75) is 50.5 Å². The van der Waals surface area contributed by atoms with Gasteiger partial charge in [0.15, 0.2) is 0 Å². The number of aliphatic hydroxyl groups is 1. The van der Waals surface area contributed by atoms with Gasteiger partial charge in [-0.25, -0.2) is 9.97 Å². The van der Waals surface area contributed by atoms with Crippen LogP contribution in [-0.4, -0.2) is 32.0 Å². The number of hydrogen-bond donors (Lipinski definition) is 3. The van der Waals surface area contributed by atoms with E-state index in [9.17, 15) is 9.90 Å². The molecule has 0 bridgehead atoms. The van der Waals surface area contributed by atoms with E-state index < -0.39 is 0 Å². The van der Waals surface area contributed by atoms with Gasteiger partial charge in [-0.3, -0.25) is 4.79 Å². The summed E-state index contributed by atoms with van der Waals surface area (Å²) < 4.78 is 2.13. The van der Waals surface area contributed by atoms with Crippen molar-refractivity contribution in [2.24, 2.45) is 5.92 Å². The van der Waals surface area contributed by atoms with Gasteiger partial charge in [0.05, 0.1) is 12.2 Å². The van der Waals surface area contributed by atoms with Crippen molar-refractivity contribution in [3.63, 3.8) is 0 Å². The second kappa shape index (κ2) is 10.1. The van der Waals surface area contributed by atoms with Crippen LogP contribution in [0.2, 0.25) is 5.02 Å². The summed E-state index contributed by atoms with van der Waals surface area (Å²) in [4.78, 5) is 22.0. The summed E-state index contributed by atoms with van der Waals surface area (Å²) in [6.45, 7) is 0.731. The van der Waals surface area contributed by atoms with E-state index in [1.807, 2.05) is 36.4 Å². The van der Waals surface area contributed by atoms with Crippen molar-refractivity contribution in [1.29, 1.82) is 0 Å². The van der Waals surface area contributed by atoms with Crippen LogP contribution >= 0.6 is 11.6 Å². The lowest BCUT2D eigenvalue weighted by atomic mass is 10.1. The Kier molecular flexibility index (Phi) is 6.57. The lowest BCUT2D eigenvalue weighted by molar-refractivity contribution is -0.117. The lowest BCUT2D eigenvalue weighted by Crippen LogP contribution is -2.15. The number of anilines is 2. The molecule has 0 unspecified atom stereocenters. The average Bonchev–Trinajstić information content (AvgIpc) is 3.82. The Bertz CT molecular complexity index is 1450. The molecule has 2 aliphatic carbocycles. The first kappa shape index (κ1) is 23.9. The van der Waals surface area contributed by atoms with Crippen LogP contribution in [0.3, 0.4) is 0 Å². The maximum Gasteiger partial charge on any atom is 0.229 e. The van der Waals surface area contributed by atoms with E-state index in [4.69, 9.17) is 16.6 Å². The van der Waals surface area contributed by atoms with Gasteiger partial charge in [-0.1, -0.05) is 29.8 Å². The number of aliphatic hydroxyl groups excluding tert-OH is 1. The highest BCUT2D eigenvalue weighted by Crippen LogP contribution is 2.48. The van der Waals surface area contributed by atoms with Crippen molar-refractivity contribution < 1.29 is 9.90 Å². The Labute approximate surface area is 220 Å². The summed E-state index contributed by atoms with van der Waals surface area (Å²) in [5, 5.41) is 16.4. The standard InChI is InChI=1S/C29H30ClN5O2/c30-22-5-1-3-19(12-22)25-14-26(25)29(37)34-27-13-23(8-9-31-27)32-15-24-17-35-16-21(18-6-7-18)11-20(4-2-10-36)28(35)33-24/h1,3,5,8-9,11-13,16-18,25-26,36H,2,4,6-7,10,14-15H2,(H2,31,32,34,37)/t25-,26+/m1/s1. The predicted octanol–water partition coefficient (Wildman–Crippen LogP) is 5.54. The largest absolute Gasteiger partial charge is 0.396 e. The number of hydrogen-bond acceptors (Lipinski definition) is 5. The molecule has 4 aromatic rings. The van der Waals surface area contributed by atoms with Gasteiger partial charge in [0.1, 0.15) is 11.5 Å². The van der Waals surface area contributed by atoms with Crippen molar-refractivity contribution in [3.05, 3.63) is 88.5 Å². The van der Waals surface area contributed by atoms with Crippen LogP contribution < -0.4 is 10.6 Å². The molecule has 1 amide bonds. The molecule has 3 N–H and O–H groups in total. The Balaban J connectivity index is 1.10. The number of nitrogens with zero attached hydrogens (tertiary/aromatic N) is 3. The number of aromatic nitrogens is 3. The van der Waals surface area contributed by atoms with Gasteiger partial charge in [-0.15, -0.1) is 0 Å². The van der Waals surface area contributed by atoms with Crippen LogP contribution in [-0.2, 0) is 17.8 Å². The topological polar surface area (TPSA) is 91.6 Å². The molecular formula is C29H30ClN5O2. The summed E-state index contributed by atoms with van der Waals surface area (Å²) >= 11 is 6.11. The number of nitrogens with one attached hydrogen (secondary N) is 2. The third kappa shape index (κ3) is 5.48. The zero-order chi connectivity index (χ0) is 25.4. The van der Waals surface area contributed by atoms with Crippen molar-refractivity contribution >= 4 is 34.7 Å². The number of amides is 1. The van der Waals surface area contributed by atoms with Gasteiger partial charge in [0, 0.05) is 47.9 Å². The molecule has 2 atom stereocenters. The first-order valence-electron chi connectivity index (χ1n) is 12.9. The lowest BCUT2D eigenvalue weighted by Gasteiger charge is -2.08. The van der Waals surface area contributed by atoms with E-state index >= 15 is 0 Å². The van der Waals surface area contributed by atoms with Crippen LogP contribution in [0.4, 0.5) is 11.5 Å². The molecule has 0 spiro atoms. The molecule has 3 aromatic heterocycles. The fourth-order valence-electron chi connectivity index (χ4n) is 5.03. The highest BCUT2D eigenvalue weighted by molar-refractivity contribution is 6.30. The quantitative estimate of drug-likeness (QED) is 0.258. The summed E-state index contributed by atoms with van der Waals surface area (Å²) in [7, 11) is 0. The molecule has 6 rings (SSSR count). The van der Waals surface area contributed by atoms with E-state index in [0.717, 1.165) is 41.9 Å². The summed E-state index contributed by atoms with van der Waals surface area (Å²) in [6.07, 6.45) is 10.8. The zero-order valence-corrected chi connectivity index (χ0v) is 21.3. The highest BCUT2D eigenvalue weighted by Gasteiger charge is 2.44. The Hall–Kier alpha value is -3.42. The number of rotatable bonds is 10. The molecule has 7 nitrogen and oxygen atoms in total. The summed E-state index contributed by atoms with van der Waals surface area (Å²) in [6, 6.07) is 13.7. The molecule has 37 heavy (non-hydrogen) atoms. The molecule has 2 aliphatic rings. The SMILES string of the molecule is O=C(Nc1cc(NCc2cn3cc(C4CC4)cc(CCCO)c3n2)ccn1)[C@H]1C[C@@H]1c1cccc(Cl)c1. The molecule has 0 radical (unpaired) electrons. The number of carbonyl (C=O) groups is 1. The summed E-state index contributed by atoms with van der Waals surface area (Å²) in [5.74, 6) is 1.32. The van der Waals surface area contributed by atoms with E-state index in [-0.39, 0.29) is 24.3 Å². The first-order chi connectivity index (χ1) is 18.1. The number of aryl methyl sites for hydroxylation is 1. The van der Waals surface area contributed by atoms with Crippen molar-refractivity contribution in [1.82, 2.24) is 14.4 Å². The number of imidazole rings is 1. The average molecular weight is 516 g/mol. The zero-order valence-electron chi connectivity index (χ0n) is 20.5. The van der Waals surface area contributed by atoms with Gasteiger partial charge in [-0.2, -0.15) is 0 Å². The number of carbonyl (C=O) groups excluding carboxylic acids is 1. The Morgan fingerprint density at radius 3 is 2.84 bits per heavy atom. The molecule has 190 valence electrons. The van der Waals surface area contributed by atoms with Crippen LogP contribution in [0.25, 0.3) is 5.65 Å². The predicted molar refractivity (Wildman–Crippen MR) is 145 cm³/mol. The fourth-order valence-corrected chi connectivity index (χ4v) is 5.23. The van der Waals surface area contributed by atoms with Gasteiger partial charge in [-0.05, 0) is 78.8 Å². The van der Waals surface area contributed by atoms with E-state index in [0.29, 0.717) is 23.3 Å². The number of halogens is 1. The Morgan fingerprint density at radius 1 is 1.14 bits per heavy atom. The molecule has 2 fully saturated rings. The maximum absolute atomic E-state index is 12.8. The summed E-state index contributed by atoms with van der Waals surface area (Å²) in [5.41, 5.74) is 6.41. The smallest absolute Gasteiger partial charge is 0.229 e. The molecule has 2 saturated carbocycles. The van der Waals surface area contributed by atoms with Crippen LogP contribution in [0.15, 0.2) is 61.1 Å². The van der Waals surface area contributed by atoms with Crippen LogP contribution in [0.1, 0.15) is 59.9 Å². The van der Waals surface area contributed by atoms with Gasteiger partial charge >= 0.3 is 0 Å². The minimum Gasteiger partial charge on any atom is -0.396 e. The molecule has 0 saturated heterocycles. The monoisotopic (exact) mass is 515 g/mol.